The second-order valence-electron chi connectivity index (χ2n) is 3.90. The zero-order valence-corrected chi connectivity index (χ0v) is 12.9. The van der Waals surface area contributed by atoms with E-state index < -0.39 is 6.10 Å². The SMILES string of the molecule is CSc1ccc(OC(C)C(=O)c2ccc(Cl)s2)cc1. The van der Waals surface area contributed by atoms with Crippen LogP contribution in [-0.2, 0) is 0 Å². The molecule has 0 aliphatic heterocycles. The monoisotopic (exact) mass is 312 g/mol. The van der Waals surface area contributed by atoms with E-state index in [4.69, 9.17) is 16.3 Å². The van der Waals surface area contributed by atoms with E-state index in [9.17, 15) is 4.79 Å². The molecule has 0 aliphatic rings. The van der Waals surface area contributed by atoms with Gasteiger partial charge in [0.1, 0.15) is 5.75 Å². The summed E-state index contributed by atoms with van der Waals surface area (Å²) < 4.78 is 6.26. The van der Waals surface area contributed by atoms with Gasteiger partial charge in [0.2, 0.25) is 5.78 Å². The maximum Gasteiger partial charge on any atom is 0.212 e. The number of ketones is 1. The maximum atomic E-state index is 12.1. The second kappa shape index (κ2) is 6.46. The summed E-state index contributed by atoms with van der Waals surface area (Å²) in [5.41, 5.74) is 0. The fraction of sp³-hybridized carbons (Fsp3) is 0.214. The van der Waals surface area contributed by atoms with E-state index in [2.05, 4.69) is 0 Å². The van der Waals surface area contributed by atoms with Crippen molar-refractivity contribution in [3.8, 4) is 5.75 Å². The molecule has 1 atom stereocenters. The highest BCUT2D eigenvalue weighted by atomic mass is 35.5. The normalized spacial score (nSPS) is 12.2. The van der Waals surface area contributed by atoms with Gasteiger partial charge in [0, 0.05) is 4.90 Å². The zero-order chi connectivity index (χ0) is 13.8. The van der Waals surface area contributed by atoms with Gasteiger partial charge in [0.15, 0.2) is 6.10 Å². The Kier molecular flexibility index (Phi) is 4.91. The van der Waals surface area contributed by atoms with Crippen LogP contribution in [0.15, 0.2) is 41.3 Å². The lowest BCUT2D eigenvalue weighted by Gasteiger charge is -2.13. The molecule has 0 saturated carbocycles. The van der Waals surface area contributed by atoms with Gasteiger partial charge in [-0.05, 0) is 49.6 Å². The van der Waals surface area contributed by atoms with Gasteiger partial charge in [-0.15, -0.1) is 23.1 Å². The number of rotatable bonds is 5. The van der Waals surface area contributed by atoms with E-state index in [-0.39, 0.29) is 5.78 Å². The molecule has 0 N–H and O–H groups in total. The number of ether oxygens (including phenoxy) is 1. The lowest BCUT2D eigenvalue weighted by atomic mass is 10.2. The Morgan fingerprint density at radius 3 is 2.47 bits per heavy atom. The number of carbonyl (C=O) groups excluding carboxylic acids is 1. The number of thioether (sulfide) groups is 1. The standard InChI is InChI=1S/C14H13ClO2S2/c1-9(14(16)12-7-8-13(15)19-12)17-10-3-5-11(18-2)6-4-10/h3-9H,1-2H3. The first-order valence-corrected chi connectivity index (χ1v) is 8.12. The molecule has 0 amide bonds. The molecular weight excluding hydrogens is 300 g/mol. The number of Topliss-reactive ketones (excluding diaryl/α,β-unsaturated/α-hetero) is 1. The van der Waals surface area contributed by atoms with Crippen LogP contribution in [0.25, 0.3) is 0 Å². The molecule has 0 saturated heterocycles. The predicted octanol–water partition coefficient (Wildman–Crippen LogP) is 4.77. The minimum atomic E-state index is -0.519. The lowest BCUT2D eigenvalue weighted by Crippen LogP contribution is -2.23. The highest BCUT2D eigenvalue weighted by Crippen LogP contribution is 2.24. The molecule has 1 aromatic carbocycles. The quantitative estimate of drug-likeness (QED) is 0.587. The van der Waals surface area contributed by atoms with Crippen molar-refractivity contribution in [3.05, 3.63) is 45.6 Å². The summed E-state index contributed by atoms with van der Waals surface area (Å²) in [7, 11) is 0. The molecule has 0 radical (unpaired) electrons. The molecule has 0 fully saturated rings. The highest BCUT2D eigenvalue weighted by molar-refractivity contribution is 7.98. The van der Waals surface area contributed by atoms with E-state index in [1.54, 1.807) is 30.8 Å². The number of halogens is 1. The Bertz CT molecular complexity index is 563. The van der Waals surface area contributed by atoms with Crippen molar-refractivity contribution in [2.45, 2.75) is 17.9 Å². The van der Waals surface area contributed by atoms with Gasteiger partial charge < -0.3 is 4.74 Å². The van der Waals surface area contributed by atoms with Gasteiger partial charge in [-0.25, -0.2) is 0 Å². The number of hydrogen-bond donors (Lipinski definition) is 0. The Morgan fingerprint density at radius 2 is 1.95 bits per heavy atom. The summed E-state index contributed by atoms with van der Waals surface area (Å²) in [5.74, 6) is 0.646. The molecule has 2 rings (SSSR count). The Balaban J connectivity index is 2.03. The molecular formula is C14H13ClO2S2. The van der Waals surface area contributed by atoms with Crippen molar-refractivity contribution >= 4 is 40.5 Å². The minimum Gasteiger partial charge on any atom is -0.483 e. The van der Waals surface area contributed by atoms with E-state index in [1.807, 2.05) is 30.5 Å². The molecule has 0 bridgehead atoms. The van der Waals surface area contributed by atoms with Gasteiger partial charge in [-0.1, -0.05) is 11.6 Å². The van der Waals surface area contributed by atoms with Crippen LogP contribution in [0.4, 0.5) is 0 Å². The zero-order valence-electron chi connectivity index (χ0n) is 10.6. The smallest absolute Gasteiger partial charge is 0.212 e. The van der Waals surface area contributed by atoms with E-state index in [1.165, 1.54) is 11.3 Å². The summed E-state index contributed by atoms with van der Waals surface area (Å²) in [6.07, 6.45) is 1.50. The third kappa shape index (κ3) is 3.75. The van der Waals surface area contributed by atoms with Gasteiger partial charge in [0.05, 0.1) is 9.21 Å². The van der Waals surface area contributed by atoms with Crippen molar-refractivity contribution in [2.24, 2.45) is 0 Å². The molecule has 1 heterocycles. The van der Waals surface area contributed by atoms with Crippen LogP contribution in [-0.4, -0.2) is 18.1 Å². The lowest BCUT2D eigenvalue weighted by molar-refractivity contribution is 0.0822. The number of hydrogen-bond acceptors (Lipinski definition) is 4. The van der Waals surface area contributed by atoms with Gasteiger partial charge in [0.25, 0.3) is 0 Å². The van der Waals surface area contributed by atoms with Gasteiger partial charge in [-0.3, -0.25) is 4.79 Å². The van der Waals surface area contributed by atoms with Crippen LogP contribution in [0.3, 0.4) is 0 Å². The summed E-state index contributed by atoms with van der Waals surface area (Å²) in [6.45, 7) is 1.75. The highest BCUT2D eigenvalue weighted by Gasteiger charge is 2.18. The van der Waals surface area contributed by atoms with Crippen LogP contribution >= 0.6 is 34.7 Å². The van der Waals surface area contributed by atoms with Crippen molar-refractivity contribution in [2.75, 3.05) is 6.26 Å². The van der Waals surface area contributed by atoms with Crippen LogP contribution in [0.5, 0.6) is 5.75 Å². The van der Waals surface area contributed by atoms with Crippen molar-refractivity contribution in [3.63, 3.8) is 0 Å². The molecule has 0 aliphatic carbocycles. The third-order valence-corrected chi connectivity index (χ3v) is 4.55. The minimum absolute atomic E-state index is 0.0501. The van der Waals surface area contributed by atoms with E-state index >= 15 is 0 Å². The average Bonchev–Trinajstić information content (AvgIpc) is 2.85. The molecule has 2 nitrogen and oxygen atoms in total. The third-order valence-electron chi connectivity index (χ3n) is 2.56. The summed E-state index contributed by atoms with van der Waals surface area (Å²) in [5, 5.41) is 0. The Labute approximate surface area is 125 Å². The first-order valence-electron chi connectivity index (χ1n) is 5.70. The van der Waals surface area contributed by atoms with E-state index in [0.29, 0.717) is 15.0 Å². The molecule has 0 spiro atoms. The topological polar surface area (TPSA) is 26.3 Å². The summed E-state index contributed by atoms with van der Waals surface area (Å²) in [4.78, 5) is 13.9. The predicted molar refractivity (Wildman–Crippen MR) is 82.0 cm³/mol. The fourth-order valence-corrected chi connectivity index (χ4v) is 3.03. The van der Waals surface area contributed by atoms with Crippen molar-refractivity contribution in [1.82, 2.24) is 0 Å². The average molecular weight is 313 g/mol. The first-order chi connectivity index (χ1) is 9.10. The van der Waals surface area contributed by atoms with Crippen LogP contribution in [0, 0.1) is 0 Å². The molecule has 2 aromatic rings. The van der Waals surface area contributed by atoms with Crippen molar-refractivity contribution < 1.29 is 9.53 Å². The van der Waals surface area contributed by atoms with Crippen LogP contribution in [0.2, 0.25) is 4.34 Å². The van der Waals surface area contributed by atoms with Crippen LogP contribution in [0.1, 0.15) is 16.6 Å². The van der Waals surface area contributed by atoms with Crippen LogP contribution < -0.4 is 4.74 Å². The van der Waals surface area contributed by atoms with E-state index in [0.717, 1.165) is 4.90 Å². The fourth-order valence-electron chi connectivity index (χ4n) is 1.56. The molecule has 19 heavy (non-hydrogen) atoms. The summed E-state index contributed by atoms with van der Waals surface area (Å²) in [6, 6.07) is 11.1. The second-order valence-corrected chi connectivity index (χ2v) is 6.50. The number of carbonyl (C=O) groups is 1. The Morgan fingerprint density at radius 1 is 1.26 bits per heavy atom. The molecule has 1 unspecified atom stereocenters. The molecule has 5 heteroatoms. The maximum absolute atomic E-state index is 12.1. The first kappa shape index (κ1) is 14.4. The number of thiophene rings is 1. The summed E-state index contributed by atoms with van der Waals surface area (Å²) >= 11 is 8.77. The Hall–Kier alpha value is -0.970. The molecule has 1 aromatic heterocycles. The van der Waals surface area contributed by atoms with Gasteiger partial charge in [-0.2, -0.15) is 0 Å². The number of benzene rings is 1. The largest absolute Gasteiger partial charge is 0.483 e. The van der Waals surface area contributed by atoms with Crippen molar-refractivity contribution in [1.29, 1.82) is 0 Å². The van der Waals surface area contributed by atoms with Gasteiger partial charge >= 0.3 is 0 Å². The molecule has 100 valence electrons.